The smallest absolute Gasteiger partial charge is 0.267 e. The predicted octanol–water partition coefficient (Wildman–Crippen LogP) is 3.43. The van der Waals surface area contributed by atoms with Gasteiger partial charge in [0, 0.05) is 11.4 Å². The lowest BCUT2D eigenvalue weighted by molar-refractivity contribution is -0.385. The highest BCUT2D eigenvalue weighted by Crippen LogP contribution is 2.42. The third-order valence-electron chi connectivity index (χ3n) is 6.17. The summed E-state index contributed by atoms with van der Waals surface area (Å²) in [5.74, 6) is 0.00635. The number of nitrogens with one attached hydrogen (secondary N) is 1. The molecule has 1 aliphatic carbocycles. The zero-order chi connectivity index (χ0) is 23.4. The number of hydrogen-bond acceptors (Lipinski definition) is 7. The van der Waals surface area contributed by atoms with Crippen molar-refractivity contribution in [2.75, 3.05) is 5.43 Å². The second-order valence-corrected chi connectivity index (χ2v) is 10.3. The maximum absolute atomic E-state index is 13.4. The molecule has 1 unspecified atom stereocenters. The summed E-state index contributed by atoms with van der Waals surface area (Å²) in [6.45, 7) is 10.5. The lowest BCUT2D eigenvalue weighted by atomic mass is 9.72. The number of nitrogens with zero attached hydrogens (tertiary/aromatic N) is 5. The summed E-state index contributed by atoms with van der Waals surface area (Å²) in [4.78, 5) is 43.3. The molecule has 10 nitrogen and oxygen atoms in total. The quantitative estimate of drug-likeness (QED) is 0.472. The van der Waals surface area contributed by atoms with E-state index in [2.05, 4.69) is 36.3 Å². The van der Waals surface area contributed by atoms with Crippen molar-refractivity contribution in [1.82, 2.24) is 19.4 Å². The molecule has 0 aliphatic heterocycles. The van der Waals surface area contributed by atoms with Crippen LogP contribution in [0.3, 0.4) is 0 Å². The van der Waals surface area contributed by atoms with Crippen LogP contribution >= 0.6 is 11.3 Å². The summed E-state index contributed by atoms with van der Waals surface area (Å²) in [7, 11) is 0. The molecule has 0 bridgehead atoms. The Kier molecular flexibility index (Phi) is 5.40. The Morgan fingerprint density at radius 3 is 2.75 bits per heavy atom. The number of hydrogen-bond donors (Lipinski definition) is 1. The van der Waals surface area contributed by atoms with Crippen molar-refractivity contribution >= 4 is 33.1 Å². The van der Waals surface area contributed by atoms with E-state index >= 15 is 0 Å². The molecule has 0 spiro atoms. The van der Waals surface area contributed by atoms with Gasteiger partial charge in [0.15, 0.2) is 0 Å². The summed E-state index contributed by atoms with van der Waals surface area (Å²) in [6, 6.07) is 0. The molecule has 3 heterocycles. The highest BCUT2D eigenvalue weighted by atomic mass is 32.1. The van der Waals surface area contributed by atoms with Crippen LogP contribution in [0, 0.1) is 28.4 Å². The topological polar surface area (TPSA) is 125 Å². The standard InChI is InChI=1S/C21H26N6O4S/c1-6-25-10-14(27(30)31)17(23-25)18(28)24-26-11(2)22-19-16(20(26)29)13-8-7-12(21(3,4)5)9-15(13)32-19/h10,12H,6-9H2,1-5H3,(H,24,28). The summed E-state index contributed by atoms with van der Waals surface area (Å²) >= 11 is 1.54. The van der Waals surface area contributed by atoms with Crippen LogP contribution in [0.2, 0.25) is 0 Å². The first-order valence-electron chi connectivity index (χ1n) is 10.6. The molecule has 0 aromatic carbocycles. The van der Waals surface area contributed by atoms with Crippen molar-refractivity contribution in [3.63, 3.8) is 0 Å². The lowest BCUT2D eigenvalue weighted by Gasteiger charge is -2.33. The molecule has 0 radical (unpaired) electrons. The lowest BCUT2D eigenvalue weighted by Crippen LogP contribution is -2.36. The van der Waals surface area contributed by atoms with Gasteiger partial charge < -0.3 is 0 Å². The molecule has 170 valence electrons. The number of nitro groups is 1. The molecule has 1 aliphatic rings. The fourth-order valence-electron chi connectivity index (χ4n) is 4.22. The highest BCUT2D eigenvalue weighted by Gasteiger charge is 2.32. The van der Waals surface area contributed by atoms with E-state index in [1.165, 1.54) is 15.8 Å². The van der Waals surface area contributed by atoms with Crippen LogP contribution in [0.4, 0.5) is 5.69 Å². The van der Waals surface area contributed by atoms with Crippen LogP contribution in [-0.2, 0) is 19.4 Å². The Hall–Kier alpha value is -3.08. The molecule has 0 saturated heterocycles. The third kappa shape index (κ3) is 3.70. The van der Waals surface area contributed by atoms with Crippen LogP contribution in [0.5, 0.6) is 0 Å². The zero-order valence-corrected chi connectivity index (χ0v) is 19.6. The molecule has 4 rings (SSSR count). The molecule has 1 N–H and O–H groups in total. The number of thiophene rings is 1. The molecule has 1 amide bonds. The fraction of sp³-hybridized carbons (Fsp3) is 0.524. The maximum Gasteiger partial charge on any atom is 0.320 e. The maximum atomic E-state index is 13.4. The van der Waals surface area contributed by atoms with Crippen molar-refractivity contribution in [1.29, 1.82) is 0 Å². The van der Waals surface area contributed by atoms with Crippen molar-refractivity contribution in [3.8, 4) is 0 Å². The molecular formula is C21H26N6O4S. The van der Waals surface area contributed by atoms with E-state index in [4.69, 9.17) is 0 Å². The normalized spacial score (nSPS) is 16.2. The van der Waals surface area contributed by atoms with Gasteiger partial charge in [0.2, 0.25) is 5.69 Å². The van der Waals surface area contributed by atoms with Crippen molar-refractivity contribution in [3.05, 3.63) is 48.6 Å². The second kappa shape index (κ2) is 7.80. The van der Waals surface area contributed by atoms with Crippen LogP contribution in [0.1, 0.15) is 60.9 Å². The Labute approximate surface area is 188 Å². The Bertz CT molecular complexity index is 1300. The summed E-state index contributed by atoms with van der Waals surface area (Å²) in [5.41, 5.74) is 2.54. The van der Waals surface area contributed by atoms with E-state index in [0.29, 0.717) is 28.5 Å². The molecule has 0 saturated carbocycles. The van der Waals surface area contributed by atoms with Crippen LogP contribution in [0.15, 0.2) is 11.0 Å². The monoisotopic (exact) mass is 458 g/mol. The van der Waals surface area contributed by atoms with Gasteiger partial charge in [-0.1, -0.05) is 20.8 Å². The molecule has 32 heavy (non-hydrogen) atoms. The van der Waals surface area contributed by atoms with Gasteiger partial charge in [-0.2, -0.15) is 5.10 Å². The summed E-state index contributed by atoms with van der Waals surface area (Å²) < 4.78 is 2.38. The number of aryl methyl sites for hydroxylation is 3. The van der Waals surface area contributed by atoms with Crippen LogP contribution < -0.4 is 11.0 Å². The number of rotatable bonds is 4. The van der Waals surface area contributed by atoms with Gasteiger partial charge in [-0.25, -0.2) is 9.66 Å². The minimum Gasteiger partial charge on any atom is -0.267 e. The molecule has 11 heteroatoms. The number of aromatic nitrogens is 4. The van der Waals surface area contributed by atoms with E-state index < -0.39 is 16.5 Å². The molecule has 3 aromatic rings. The largest absolute Gasteiger partial charge is 0.320 e. The summed E-state index contributed by atoms with van der Waals surface area (Å²) in [5, 5.41) is 15.8. The molecule has 3 aromatic heterocycles. The second-order valence-electron chi connectivity index (χ2n) is 9.21. The van der Waals surface area contributed by atoms with Gasteiger partial charge in [-0.05, 0) is 50.0 Å². The van der Waals surface area contributed by atoms with E-state index in [0.717, 1.165) is 29.5 Å². The van der Waals surface area contributed by atoms with Crippen molar-refractivity contribution in [2.24, 2.45) is 11.3 Å². The SMILES string of the molecule is CCn1cc([N+](=O)[O-])c(C(=O)Nn2c(C)nc3sc4c(c3c2=O)CCC(C(C)(C)C)C4)n1. The number of carbonyl (C=O) groups is 1. The average Bonchev–Trinajstić information content (AvgIpc) is 3.31. The van der Waals surface area contributed by atoms with Crippen LogP contribution in [-0.4, -0.2) is 30.3 Å². The minimum atomic E-state index is -0.827. The van der Waals surface area contributed by atoms with E-state index in [1.54, 1.807) is 25.2 Å². The molecule has 1 atom stereocenters. The average molecular weight is 459 g/mol. The first-order valence-corrected chi connectivity index (χ1v) is 11.4. The Morgan fingerprint density at radius 2 is 2.12 bits per heavy atom. The summed E-state index contributed by atoms with van der Waals surface area (Å²) in [6.07, 6.45) is 3.89. The van der Waals surface area contributed by atoms with Gasteiger partial charge in [-0.3, -0.25) is 29.8 Å². The van der Waals surface area contributed by atoms with E-state index in [1.807, 2.05) is 0 Å². The number of fused-ring (bicyclic) bond motifs is 3. The molecule has 0 fully saturated rings. The van der Waals surface area contributed by atoms with Gasteiger partial charge >= 0.3 is 5.69 Å². The van der Waals surface area contributed by atoms with Crippen LogP contribution in [0.25, 0.3) is 10.2 Å². The van der Waals surface area contributed by atoms with Gasteiger partial charge in [-0.15, -0.1) is 11.3 Å². The van der Waals surface area contributed by atoms with Crippen molar-refractivity contribution in [2.45, 2.75) is 60.4 Å². The van der Waals surface area contributed by atoms with E-state index in [-0.39, 0.29) is 16.7 Å². The highest BCUT2D eigenvalue weighted by molar-refractivity contribution is 7.18. The molecular weight excluding hydrogens is 432 g/mol. The minimum absolute atomic E-state index is 0.183. The van der Waals surface area contributed by atoms with E-state index in [9.17, 15) is 19.7 Å². The Balaban J connectivity index is 1.74. The van der Waals surface area contributed by atoms with Gasteiger partial charge in [0.05, 0.1) is 10.3 Å². The van der Waals surface area contributed by atoms with Gasteiger partial charge in [0.25, 0.3) is 11.5 Å². The first-order chi connectivity index (χ1) is 15.0. The zero-order valence-electron chi connectivity index (χ0n) is 18.8. The first kappa shape index (κ1) is 22.1. The predicted molar refractivity (Wildman–Crippen MR) is 122 cm³/mol. The fourth-order valence-corrected chi connectivity index (χ4v) is 5.56. The Morgan fingerprint density at radius 1 is 1.41 bits per heavy atom. The third-order valence-corrected chi connectivity index (χ3v) is 7.32. The number of carbonyl (C=O) groups excluding carboxylic acids is 1. The van der Waals surface area contributed by atoms with Gasteiger partial charge in [0.1, 0.15) is 16.9 Å². The number of amides is 1. The van der Waals surface area contributed by atoms with Crippen molar-refractivity contribution < 1.29 is 9.72 Å².